The van der Waals surface area contributed by atoms with Gasteiger partial charge in [0.1, 0.15) is 0 Å². The zero-order valence-corrected chi connectivity index (χ0v) is 15.8. The van der Waals surface area contributed by atoms with E-state index in [0.717, 1.165) is 12.1 Å². The van der Waals surface area contributed by atoms with Crippen LogP contribution in [0.15, 0.2) is 30.5 Å². The van der Waals surface area contributed by atoms with Crippen LogP contribution < -0.4 is 5.32 Å². The van der Waals surface area contributed by atoms with E-state index in [9.17, 15) is 23.4 Å². The van der Waals surface area contributed by atoms with Gasteiger partial charge in [-0.15, -0.1) is 5.10 Å². The summed E-state index contributed by atoms with van der Waals surface area (Å²) in [4.78, 5) is 0. The summed E-state index contributed by atoms with van der Waals surface area (Å²) in [5.41, 5.74) is -0.935. The number of rotatable bonds is 5. The predicted molar refractivity (Wildman–Crippen MR) is 96.2 cm³/mol. The normalized spacial score (nSPS) is 27.0. The lowest BCUT2D eigenvalue weighted by molar-refractivity contribution is -0.137. The Morgan fingerprint density at radius 1 is 1.29 bits per heavy atom. The van der Waals surface area contributed by atoms with Crippen molar-refractivity contribution in [1.82, 2.24) is 20.3 Å². The minimum atomic E-state index is -4.41. The van der Waals surface area contributed by atoms with E-state index in [4.69, 9.17) is 0 Å². The van der Waals surface area contributed by atoms with Crippen LogP contribution in [-0.4, -0.2) is 37.4 Å². The first-order chi connectivity index (χ1) is 13.1. The summed E-state index contributed by atoms with van der Waals surface area (Å²) in [6, 6.07) is 4.30. The third-order valence-corrected chi connectivity index (χ3v) is 5.20. The van der Waals surface area contributed by atoms with Crippen molar-refractivity contribution >= 4 is 0 Å². The smallest absolute Gasteiger partial charge is 0.391 e. The second kappa shape index (κ2) is 7.81. The van der Waals surface area contributed by atoms with Gasteiger partial charge in [-0.3, -0.25) is 0 Å². The van der Waals surface area contributed by atoms with Crippen molar-refractivity contribution < 1.29 is 23.4 Å². The largest absolute Gasteiger partial charge is 0.416 e. The van der Waals surface area contributed by atoms with Gasteiger partial charge in [0, 0.05) is 12.5 Å². The molecule has 2 heterocycles. The van der Waals surface area contributed by atoms with Crippen molar-refractivity contribution in [2.45, 2.75) is 69.6 Å². The summed E-state index contributed by atoms with van der Waals surface area (Å²) in [6.45, 7) is 4.11. The van der Waals surface area contributed by atoms with E-state index in [1.165, 1.54) is 12.1 Å². The number of alkyl halides is 3. The molecule has 0 spiro atoms. The summed E-state index contributed by atoms with van der Waals surface area (Å²) < 4.78 is 40.0. The zero-order chi connectivity index (χ0) is 20.5. The summed E-state index contributed by atoms with van der Waals surface area (Å²) in [7, 11) is 0. The molecule has 3 N–H and O–H groups in total. The van der Waals surface area contributed by atoms with Crippen LogP contribution in [0.1, 0.15) is 56.0 Å². The highest BCUT2D eigenvalue weighted by molar-refractivity contribution is 5.30. The van der Waals surface area contributed by atoms with Crippen LogP contribution in [0.25, 0.3) is 0 Å². The second-order valence-electron chi connectivity index (χ2n) is 7.56. The van der Waals surface area contributed by atoms with Crippen LogP contribution in [0.5, 0.6) is 0 Å². The lowest BCUT2D eigenvalue weighted by Crippen LogP contribution is -2.47. The van der Waals surface area contributed by atoms with E-state index in [-0.39, 0.29) is 18.5 Å². The topological polar surface area (TPSA) is 83.2 Å². The van der Waals surface area contributed by atoms with E-state index < -0.39 is 23.4 Å². The second-order valence-corrected chi connectivity index (χ2v) is 7.56. The van der Waals surface area contributed by atoms with Gasteiger partial charge < -0.3 is 15.5 Å². The first-order valence-corrected chi connectivity index (χ1v) is 9.35. The molecule has 1 aromatic heterocycles. The molecule has 9 heteroatoms. The first-order valence-electron chi connectivity index (χ1n) is 9.35. The van der Waals surface area contributed by atoms with Gasteiger partial charge in [-0.1, -0.05) is 24.3 Å². The number of hydrogen-bond acceptors (Lipinski definition) is 5. The molecule has 0 amide bonds. The number of hydrogen-bond donors (Lipinski definition) is 3. The average molecular weight is 398 g/mol. The van der Waals surface area contributed by atoms with Crippen LogP contribution in [0.4, 0.5) is 13.2 Å². The maximum atomic E-state index is 12.8. The molecule has 1 saturated heterocycles. The van der Waals surface area contributed by atoms with Crippen molar-refractivity contribution in [3.63, 3.8) is 0 Å². The number of aromatic nitrogens is 3. The van der Waals surface area contributed by atoms with Crippen LogP contribution in [0.2, 0.25) is 0 Å². The fourth-order valence-electron chi connectivity index (χ4n) is 3.69. The highest BCUT2D eigenvalue weighted by Gasteiger charge is 2.41. The quantitative estimate of drug-likeness (QED) is 0.722. The van der Waals surface area contributed by atoms with Gasteiger partial charge >= 0.3 is 6.18 Å². The number of nitrogens with one attached hydrogen (secondary N) is 1. The molecule has 0 aliphatic carbocycles. The van der Waals surface area contributed by atoms with E-state index in [0.29, 0.717) is 30.6 Å². The van der Waals surface area contributed by atoms with Gasteiger partial charge in [-0.25, -0.2) is 4.68 Å². The molecule has 1 aliphatic heterocycles. The molecule has 1 aliphatic rings. The molecule has 0 bridgehead atoms. The minimum Gasteiger partial charge on any atom is -0.391 e. The monoisotopic (exact) mass is 398 g/mol. The Bertz CT molecular complexity index is 793. The van der Waals surface area contributed by atoms with Gasteiger partial charge in [0.25, 0.3) is 0 Å². The van der Waals surface area contributed by atoms with Crippen LogP contribution in [0, 0.1) is 0 Å². The van der Waals surface area contributed by atoms with E-state index in [1.54, 1.807) is 10.9 Å². The molecule has 1 aromatic carbocycles. The fourth-order valence-corrected chi connectivity index (χ4v) is 3.69. The molecule has 2 unspecified atom stereocenters. The first kappa shape index (κ1) is 20.8. The molecule has 0 saturated carbocycles. The Balaban J connectivity index is 1.80. The molecule has 6 nitrogen and oxygen atoms in total. The Hall–Kier alpha value is -1.97. The molecular formula is C19H25F3N4O2. The summed E-state index contributed by atoms with van der Waals surface area (Å²) in [5.74, 6) is 0. The Morgan fingerprint density at radius 3 is 2.57 bits per heavy atom. The molecule has 1 fully saturated rings. The molecule has 154 valence electrons. The van der Waals surface area contributed by atoms with Crippen molar-refractivity contribution in [1.29, 1.82) is 0 Å². The summed E-state index contributed by atoms with van der Waals surface area (Å²) in [6.07, 6.45) is -1.97. The van der Waals surface area contributed by atoms with Crippen LogP contribution in [-0.2, 0) is 18.3 Å². The number of aliphatic hydroxyl groups is 2. The Labute approximate surface area is 161 Å². The third-order valence-electron chi connectivity index (χ3n) is 5.20. The van der Waals surface area contributed by atoms with E-state index in [2.05, 4.69) is 15.6 Å². The standard InChI is InChI=1S/C19H25F3N4O2/c1-3-15(27)10-26-11-17(24-25-26)16-9-18(28,8-12(2)23-16)13-4-6-14(7-5-13)19(20,21)22/h4-7,11-12,15-16,23,27-28H,3,8-10H2,1-2H3/t12-,15?,16-,18?/m0/s1. The lowest BCUT2D eigenvalue weighted by atomic mass is 9.78. The van der Waals surface area contributed by atoms with Gasteiger partial charge in [-0.2, -0.15) is 13.2 Å². The molecule has 2 aromatic rings. The van der Waals surface area contributed by atoms with Gasteiger partial charge in [0.05, 0.1) is 41.7 Å². The SMILES string of the molecule is CCC(O)Cn1cc([C@@H]2CC(O)(c3ccc(C(F)(F)F)cc3)C[C@H](C)N2)nn1. The van der Waals surface area contributed by atoms with E-state index in [1.807, 2.05) is 13.8 Å². The maximum absolute atomic E-state index is 12.8. The summed E-state index contributed by atoms with van der Waals surface area (Å²) >= 11 is 0. The predicted octanol–water partition coefficient (Wildman–Crippen LogP) is 2.77. The third kappa shape index (κ3) is 4.53. The lowest BCUT2D eigenvalue weighted by Gasteiger charge is -2.40. The van der Waals surface area contributed by atoms with E-state index >= 15 is 0 Å². The number of benzene rings is 1. The molecule has 0 radical (unpaired) electrons. The fraction of sp³-hybridized carbons (Fsp3) is 0.579. The molecule has 4 atom stereocenters. The van der Waals surface area contributed by atoms with Crippen molar-refractivity contribution in [3.8, 4) is 0 Å². The van der Waals surface area contributed by atoms with Crippen molar-refractivity contribution in [2.75, 3.05) is 0 Å². The number of nitrogens with zero attached hydrogens (tertiary/aromatic N) is 3. The van der Waals surface area contributed by atoms with Gasteiger partial charge in [-0.05, 0) is 37.5 Å². The average Bonchev–Trinajstić information content (AvgIpc) is 3.09. The minimum absolute atomic E-state index is 0.0718. The molecule has 3 rings (SSSR count). The number of aliphatic hydroxyl groups excluding tert-OH is 1. The number of piperidine rings is 1. The Kier molecular flexibility index (Phi) is 5.79. The maximum Gasteiger partial charge on any atom is 0.416 e. The Morgan fingerprint density at radius 2 is 1.96 bits per heavy atom. The highest BCUT2D eigenvalue weighted by atomic mass is 19.4. The number of halogens is 3. The van der Waals surface area contributed by atoms with Gasteiger partial charge in [0.15, 0.2) is 0 Å². The van der Waals surface area contributed by atoms with Crippen molar-refractivity contribution in [2.24, 2.45) is 0 Å². The van der Waals surface area contributed by atoms with Gasteiger partial charge in [0.2, 0.25) is 0 Å². The highest BCUT2D eigenvalue weighted by Crippen LogP contribution is 2.40. The van der Waals surface area contributed by atoms with Crippen LogP contribution in [0.3, 0.4) is 0 Å². The van der Waals surface area contributed by atoms with Crippen LogP contribution >= 0.6 is 0 Å². The molecular weight excluding hydrogens is 373 g/mol. The summed E-state index contributed by atoms with van der Waals surface area (Å²) in [5, 5.41) is 32.5. The van der Waals surface area contributed by atoms with Crippen molar-refractivity contribution in [3.05, 3.63) is 47.3 Å². The molecule has 28 heavy (non-hydrogen) atoms. The zero-order valence-electron chi connectivity index (χ0n) is 15.8.